The minimum absolute atomic E-state index is 0.395. The van der Waals surface area contributed by atoms with Gasteiger partial charge in [0, 0.05) is 18.4 Å². The molecule has 0 radical (unpaired) electrons. The van der Waals surface area contributed by atoms with Crippen LogP contribution in [0, 0.1) is 0 Å². The predicted molar refractivity (Wildman–Crippen MR) is 78.0 cm³/mol. The summed E-state index contributed by atoms with van der Waals surface area (Å²) >= 11 is 0. The number of aromatic nitrogens is 2. The Balaban J connectivity index is 2.59. The maximum absolute atomic E-state index is 4.63. The highest BCUT2D eigenvalue weighted by atomic mass is 15.3. The van der Waals surface area contributed by atoms with Gasteiger partial charge in [-0.1, -0.05) is 45.1 Å². The van der Waals surface area contributed by atoms with Gasteiger partial charge in [0.1, 0.15) is 0 Å². The molecule has 18 heavy (non-hydrogen) atoms. The Bertz CT molecular complexity index is 590. The van der Waals surface area contributed by atoms with Crippen LogP contribution in [0.5, 0.6) is 0 Å². The van der Waals surface area contributed by atoms with Crippen LogP contribution < -0.4 is 0 Å². The fourth-order valence-electron chi connectivity index (χ4n) is 2.28. The molecule has 0 spiro atoms. The minimum Gasteiger partial charge on any atom is -0.268 e. The van der Waals surface area contributed by atoms with Gasteiger partial charge in [-0.2, -0.15) is 5.10 Å². The van der Waals surface area contributed by atoms with Crippen molar-refractivity contribution in [2.45, 2.75) is 39.5 Å². The van der Waals surface area contributed by atoms with Gasteiger partial charge in [0.05, 0.1) is 11.2 Å². The summed E-state index contributed by atoms with van der Waals surface area (Å²) in [7, 11) is 2.02. The predicted octanol–water partition coefficient (Wildman–Crippen LogP) is 4.38. The first-order valence-electron chi connectivity index (χ1n) is 6.53. The molecule has 1 aromatic carbocycles. The SMILES string of the molecule is C=C(C)C(C)c1ccc2c(C(C)C)nn(C)c2c1. The van der Waals surface area contributed by atoms with E-state index in [2.05, 4.69) is 57.6 Å². The van der Waals surface area contributed by atoms with Crippen molar-refractivity contribution in [2.75, 3.05) is 0 Å². The van der Waals surface area contributed by atoms with Crippen LogP contribution in [0.3, 0.4) is 0 Å². The van der Waals surface area contributed by atoms with Crippen molar-refractivity contribution in [3.05, 3.63) is 41.6 Å². The number of aryl methyl sites for hydroxylation is 1. The molecule has 1 unspecified atom stereocenters. The van der Waals surface area contributed by atoms with Crippen LogP contribution in [0.4, 0.5) is 0 Å². The number of rotatable bonds is 3. The van der Waals surface area contributed by atoms with Gasteiger partial charge in [0.15, 0.2) is 0 Å². The molecular formula is C16H22N2. The van der Waals surface area contributed by atoms with Gasteiger partial charge in [-0.3, -0.25) is 4.68 Å². The molecule has 0 N–H and O–H groups in total. The summed E-state index contributed by atoms with van der Waals surface area (Å²) in [4.78, 5) is 0. The number of fused-ring (bicyclic) bond motifs is 1. The first kappa shape index (κ1) is 12.9. The topological polar surface area (TPSA) is 17.8 Å². The van der Waals surface area contributed by atoms with E-state index in [1.807, 2.05) is 11.7 Å². The number of allylic oxidation sites excluding steroid dienone is 1. The van der Waals surface area contributed by atoms with E-state index < -0.39 is 0 Å². The molecule has 96 valence electrons. The first-order chi connectivity index (χ1) is 8.41. The maximum atomic E-state index is 4.63. The summed E-state index contributed by atoms with van der Waals surface area (Å²) < 4.78 is 1.99. The summed E-state index contributed by atoms with van der Waals surface area (Å²) in [6, 6.07) is 6.65. The van der Waals surface area contributed by atoms with E-state index in [1.165, 1.54) is 27.7 Å². The van der Waals surface area contributed by atoms with E-state index in [0.717, 1.165) is 0 Å². The highest BCUT2D eigenvalue weighted by Gasteiger charge is 2.14. The molecule has 2 nitrogen and oxygen atoms in total. The molecule has 0 saturated carbocycles. The van der Waals surface area contributed by atoms with Crippen molar-refractivity contribution in [1.82, 2.24) is 9.78 Å². The highest BCUT2D eigenvalue weighted by molar-refractivity contribution is 5.83. The van der Waals surface area contributed by atoms with Crippen molar-refractivity contribution >= 4 is 10.9 Å². The highest BCUT2D eigenvalue weighted by Crippen LogP contribution is 2.29. The van der Waals surface area contributed by atoms with Gasteiger partial charge in [0.2, 0.25) is 0 Å². The van der Waals surface area contributed by atoms with E-state index in [9.17, 15) is 0 Å². The van der Waals surface area contributed by atoms with Crippen molar-refractivity contribution in [3.8, 4) is 0 Å². The molecule has 0 aliphatic rings. The molecule has 0 fully saturated rings. The number of hydrogen-bond donors (Lipinski definition) is 0. The Hall–Kier alpha value is -1.57. The lowest BCUT2D eigenvalue weighted by Crippen LogP contribution is -1.95. The molecule has 0 bridgehead atoms. The van der Waals surface area contributed by atoms with E-state index in [4.69, 9.17) is 0 Å². The van der Waals surface area contributed by atoms with Crippen LogP contribution in [0.1, 0.15) is 50.8 Å². The van der Waals surface area contributed by atoms with E-state index >= 15 is 0 Å². The van der Waals surface area contributed by atoms with E-state index in [0.29, 0.717) is 11.8 Å². The summed E-state index contributed by atoms with van der Waals surface area (Å²) in [6.07, 6.45) is 0. The average molecular weight is 242 g/mol. The monoisotopic (exact) mass is 242 g/mol. The summed E-state index contributed by atoms with van der Waals surface area (Å²) in [5, 5.41) is 5.90. The number of nitrogens with zero attached hydrogens (tertiary/aromatic N) is 2. The fraction of sp³-hybridized carbons (Fsp3) is 0.438. The van der Waals surface area contributed by atoms with Crippen LogP contribution in [0.25, 0.3) is 10.9 Å². The second-order valence-corrected chi connectivity index (χ2v) is 5.51. The normalized spacial score (nSPS) is 13.2. The zero-order valence-corrected chi connectivity index (χ0v) is 12.0. The fourth-order valence-corrected chi connectivity index (χ4v) is 2.28. The van der Waals surface area contributed by atoms with E-state index in [-0.39, 0.29) is 0 Å². The van der Waals surface area contributed by atoms with E-state index in [1.54, 1.807) is 0 Å². The summed E-state index contributed by atoms with van der Waals surface area (Å²) in [5.41, 5.74) is 4.90. The summed E-state index contributed by atoms with van der Waals surface area (Å²) in [5.74, 6) is 0.852. The molecule has 2 rings (SSSR count). The third-order valence-corrected chi connectivity index (χ3v) is 3.69. The van der Waals surface area contributed by atoms with Gasteiger partial charge in [-0.05, 0) is 24.5 Å². The van der Waals surface area contributed by atoms with Crippen LogP contribution in [-0.4, -0.2) is 9.78 Å². The lowest BCUT2D eigenvalue weighted by atomic mass is 9.93. The molecule has 1 atom stereocenters. The van der Waals surface area contributed by atoms with Crippen LogP contribution >= 0.6 is 0 Å². The summed E-state index contributed by atoms with van der Waals surface area (Å²) in [6.45, 7) is 12.7. The van der Waals surface area contributed by atoms with Crippen molar-refractivity contribution in [1.29, 1.82) is 0 Å². The Labute approximate surface area is 109 Å². The lowest BCUT2D eigenvalue weighted by molar-refractivity contribution is 0.728. The third-order valence-electron chi connectivity index (χ3n) is 3.69. The second-order valence-electron chi connectivity index (χ2n) is 5.51. The second kappa shape index (κ2) is 4.60. The van der Waals surface area contributed by atoms with Gasteiger partial charge >= 0.3 is 0 Å². The Morgan fingerprint density at radius 3 is 2.50 bits per heavy atom. The smallest absolute Gasteiger partial charge is 0.0728 e. The van der Waals surface area contributed by atoms with Crippen LogP contribution in [-0.2, 0) is 7.05 Å². The standard InChI is InChI=1S/C16H22N2/c1-10(2)12(5)13-7-8-14-15(9-13)18(6)17-16(14)11(3)4/h7-9,11-12H,1H2,2-6H3. The van der Waals surface area contributed by atoms with Crippen LogP contribution in [0.15, 0.2) is 30.4 Å². The molecule has 2 aromatic rings. The Morgan fingerprint density at radius 2 is 1.94 bits per heavy atom. The van der Waals surface area contributed by atoms with Gasteiger partial charge in [-0.15, -0.1) is 0 Å². The molecule has 0 saturated heterocycles. The zero-order valence-electron chi connectivity index (χ0n) is 12.0. The molecule has 0 aliphatic carbocycles. The molecule has 1 heterocycles. The van der Waals surface area contributed by atoms with Crippen molar-refractivity contribution < 1.29 is 0 Å². The largest absolute Gasteiger partial charge is 0.268 e. The Kier molecular flexibility index (Phi) is 3.29. The minimum atomic E-state index is 0.395. The maximum Gasteiger partial charge on any atom is 0.0728 e. The number of hydrogen-bond acceptors (Lipinski definition) is 1. The van der Waals surface area contributed by atoms with Gasteiger partial charge in [0.25, 0.3) is 0 Å². The molecule has 1 aromatic heterocycles. The quantitative estimate of drug-likeness (QED) is 0.730. The Morgan fingerprint density at radius 1 is 1.28 bits per heavy atom. The lowest BCUT2D eigenvalue weighted by Gasteiger charge is -2.12. The van der Waals surface area contributed by atoms with Gasteiger partial charge in [-0.25, -0.2) is 0 Å². The molecule has 2 heteroatoms. The molecular weight excluding hydrogens is 220 g/mol. The first-order valence-corrected chi connectivity index (χ1v) is 6.53. The van der Waals surface area contributed by atoms with Crippen molar-refractivity contribution in [3.63, 3.8) is 0 Å². The average Bonchev–Trinajstić information content (AvgIpc) is 2.65. The van der Waals surface area contributed by atoms with Gasteiger partial charge < -0.3 is 0 Å². The zero-order chi connectivity index (χ0) is 13.4. The number of benzene rings is 1. The van der Waals surface area contributed by atoms with Crippen LogP contribution in [0.2, 0.25) is 0 Å². The molecule has 0 aliphatic heterocycles. The molecule has 0 amide bonds. The van der Waals surface area contributed by atoms with Crippen molar-refractivity contribution in [2.24, 2.45) is 7.05 Å². The third kappa shape index (κ3) is 2.07.